The van der Waals surface area contributed by atoms with Gasteiger partial charge in [0.25, 0.3) is 0 Å². The van der Waals surface area contributed by atoms with Crippen LogP contribution in [0.15, 0.2) is 30.3 Å². The third kappa shape index (κ3) is 7.93. The maximum Gasteiger partial charge on any atom is 0.340 e. The van der Waals surface area contributed by atoms with Crippen LogP contribution >= 0.6 is 0 Å². The molecule has 2 unspecified atom stereocenters. The van der Waals surface area contributed by atoms with Crippen molar-refractivity contribution in [2.24, 2.45) is 5.92 Å². The molecule has 2 rings (SSSR count). The van der Waals surface area contributed by atoms with E-state index in [1.165, 1.54) is 19.3 Å². The Morgan fingerprint density at radius 2 is 1.88 bits per heavy atom. The molecule has 1 saturated carbocycles. The van der Waals surface area contributed by atoms with E-state index in [1.807, 2.05) is 6.07 Å². The van der Waals surface area contributed by atoms with E-state index < -0.39 is 12.1 Å². The Kier molecular flexibility index (Phi) is 10.4. The van der Waals surface area contributed by atoms with Crippen LogP contribution in [-0.4, -0.2) is 28.4 Å². The number of carbonyl (C=O) groups is 1. The summed E-state index contributed by atoms with van der Waals surface area (Å²) in [6.07, 6.45) is 6.50. The van der Waals surface area contributed by atoms with Crippen molar-refractivity contribution >= 4 is 5.97 Å². The van der Waals surface area contributed by atoms with Crippen molar-refractivity contribution in [3.8, 4) is 5.75 Å². The van der Waals surface area contributed by atoms with Gasteiger partial charge in [0.05, 0.1) is 6.10 Å². The largest absolute Gasteiger partial charge is 0.425 e. The Bertz CT molecular complexity index is 444. The van der Waals surface area contributed by atoms with Gasteiger partial charge < -0.3 is 14.9 Å². The fourth-order valence-corrected chi connectivity index (χ4v) is 2.87. The van der Waals surface area contributed by atoms with E-state index in [0.29, 0.717) is 18.6 Å². The first-order valence-electron chi connectivity index (χ1n) is 9.21. The molecule has 0 heterocycles. The summed E-state index contributed by atoms with van der Waals surface area (Å²) in [5.41, 5.74) is 0. The van der Waals surface area contributed by atoms with Crippen LogP contribution < -0.4 is 4.74 Å². The van der Waals surface area contributed by atoms with Gasteiger partial charge in [0.15, 0.2) is 6.10 Å². The van der Waals surface area contributed by atoms with Gasteiger partial charge >= 0.3 is 5.97 Å². The number of hydrogen-bond donors (Lipinski definition) is 2. The summed E-state index contributed by atoms with van der Waals surface area (Å²) < 4.78 is 5.07. The van der Waals surface area contributed by atoms with Gasteiger partial charge in [-0.3, -0.25) is 0 Å². The Morgan fingerprint density at radius 3 is 2.38 bits per heavy atom. The van der Waals surface area contributed by atoms with Gasteiger partial charge in [-0.1, -0.05) is 57.7 Å². The van der Waals surface area contributed by atoms with Gasteiger partial charge in [-0.05, 0) is 43.7 Å². The van der Waals surface area contributed by atoms with E-state index in [1.54, 1.807) is 24.3 Å². The second-order valence-electron chi connectivity index (χ2n) is 6.44. The molecule has 24 heavy (non-hydrogen) atoms. The summed E-state index contributed by atoms with van der Waals surface area (Å²) in [5.74, 6) is 0.0188. The number of hydrogen-bond acceptors (Lipinski definition) is 4. The average molecular weight is 336 g/mol. The quantitative estimate of drug-likeness (QED) is 0.581. The fourth-order valence-electron chi connectivity index (χ4n) is 2.87. The molecule has 0 amide bonds. The summed E-state index contributed by atoms with van der Waals surface area (Å²) in [4.78, 5) is 11.7. The Morgan fingerprint density at radius 1 is 1.21 bits per heavy atom. The summed E-state index contributed by atoms with van der Waals surface area (Å²) in [6.45, 7) is 4.42. The molecule has 4 heteroatoms. The second-order valence-corrected chi connectivity index (χ2v) is 6.44. The van der Waals surface area contributed by atoms with Gasteiger partial charge in [0.2, 0.25) is 0 Å². The van der Waals surface area contributed by atoms with E-state index in [0.717, 1.165) is 19.3 Å². The molecule has 3 atom stereocenters. The molecule has 136 valence electrons. The van der Waals surface area contributed by atoms with Crippen LogP contribution in [0.5, 0.6) is 5.75 Å². The standard InChI is InChI=1S/C15H20O4.C5H12/c16-13-8-4-5-11(13)9-10-14(17)15(18)19-12-6-2-1-3-7-12;1-3-5-4-2/h1-3,6-7,11,13-14,16-17H,4-5,8-10H2;3-5H2,1-2H3/t11-,13?,14?;/m0./s1. The van der Waals surface area contributed by atoms with Crippen LogP contribution in [0.2, 0.25) is 0 Å². The number of benzene rings is 1. The van der Waals surface area contributed by atoms with E-state index >= 15 is 0 Å². The third-order valence-corrected chi connectivity index (χ3v) is 4.37. The Labute approximate surface area is 145 Å². The average Bonchev–Trinajstić information content (AvgIpc) is 3.00. The van der Waals surface area contributed by atoms with E-state index in [2.05, 4.69) is 13.8 Å². The highest BCUT2D eigenvalue weighted by Gasteiger charge is 2.27. The lowest BCUT2D eigenvalue weighted by Crippen LogP contribution is -2.27. The zero-order valence-electron chi connectivity index (χ0n) is 15.0. The normalized spacial score (nSPS) is 20.8. The van der Waals surface area contributed by atoms with Crippen LogP contribution in [-0.2, 0) is 4.79 Å². The minimum absolute atomic E-state index is 0.208. The molecule has 0 aliphatic heterocycles. The number of aliphatic hydroxyl groups is 2. The van der Waals surface area contributed by atoms with Gasteiger partial charge in [-0.25, -0.2) is 4.79 Å². The molecule has 1 fully saturated rings. The SMILES string of the molecule is CCCCC.O=C(Oc1ccccc1)C(O)CC[C@@H]1CCCC1O. The molecule has 0 spiro atoms. The summed E-state index contributed by atoms with van der Waals surface area (Å²) in [6, 6.07) is 8.71. The van der Waals surface area contributed by atoms with Crippen molar-refractivity contribution in [2.75, 3.05) is 0 Å². The number of aliphatic hydroxyl groups excluding tert-OH is 2. The molecule has 1 aromatic carbocycles. The summed E-state index contributed by atoms with van der Waals surface area (Å²) in [7, 11) is 0. The van der Waals surface area contributed by atoms with Gasteiger partial charge in [-0.15, -0.1) is 0 Å². The molecule has 1 aromatic rings. The van der Waals surface area contributed by atoms with Crippen molar-refractivity contribution in [3.05, 3.63) is 30.3 Å². The maximum atomic E-state index is 11.7. The lowest BCUT2D eigenvalue weighted by atomic mass is 9.98. The topological polar surface area (TPSA) is 66.8 Å². The molecule has 0 bridgehead atoms. The predicted octanol–water partition coefficient (Wildman–Crippen LogP) is 4.09. The predicted molar refractivity (Wildman–Crippen MR) is 95.9 cm³/mol. The second kappa shape index (κ2) is 12.0. The number of carbonyl (C=O) groups excluding carboxylic acids is 1. The third-order valence-electron chi connectivity index (χ3n) is 4.37. The van der Waals surface area contributed by atoms with Gasteiger partial charge in [-0.2, -0.15) is 0 Å². The van der Waals surface area contributed by atoms with Crippen molar-refractivity contribution in [1.29, 1.82) is 0 Å². The van der Waals surface area contributed by atoms with E-state index in [-0.39, 0.29) is 12.0 Å². The Hall–Kier alpha value is -1.39. The minimum Gasteiger partial charge on any atom is -0.425 e. The number of ether oxygens (including phenoxy) is 1. The first-order chi connectivity index (χ1) is 11.6. The Balaban J connectivity index is 0.000000505. The monoisotopic (exact) mass is 336 g/mol. The summed E-state index contributed by atoms with van der Waals surface area (Å²) in [5, 5.41) is 19.4. The number of unbranched alkanes of at least 4 members (excludes halogenated alkanes) is 2. The molecular weight excluding hydrogens is 304 g/mol. The highest BCUT2D eigenvalue weighted by molar-refractivity contribution is 5.76. The minimum atomic E-state index is -1.12. The molecule has 0 radical (unpaired) electrons. The van der Waals surface area contributed by atoms with Crippen LogP contribution in [0.3, 0.4) is 0 Å². The first kappa shape index (κ1) is 20.7. The van der Waals surface area contributed by atoms with Gasteiger partial charge in [0, 0.05) is 0 Å². The summed E-state index contributed by atoms with van der Waals surface area (Å²) >= 11 is 0. The molecule has 1 aliphatic rings. The van der Waals surface area contributed by atoms with Crippen LogP contribution in [0.4, 0.5) is 0 Å². The number of rotatable bonds is 7. The molecule has 1 aliphatic carbocycles. The molecular formula is C20H32O4. The highest BCUT2D eigenvalue weighted by atomic mass is 16.5. The maximum absolute atomic E-state index is 11.7. The van der Waals surface area contributed by atoms with Crippen LogP contribution in [0.1, 0.15) is 65.2 Å². The molecule has 0 aromatic heterocycles. The van der Waals surface area contributed by atoms with Crippen LogP contribution in [0.25, 0.3) is 0 Å². The zero-order chi connectivity index (χ0) is 17.8. The smallest absolute Gasteiger partial charge is 0.340 e. The van der Waals surface area contributed by atoms with Gasteiger partial charge in [0.1, 0.15) is 5.75 Å². The van der Waals surface area contributed by atoms with Crippen molar-refractivity contribution in [1.82, 2.24) is 0 Å². The van der Waals surface area contributed by atoms with Crippen molar-refractivity contribution < 1.29 is 19.7 Å². The number of esters is 1. The highest BCUT2D eigenvalue weighted by Crippen LogP contribution is 2.29. The number of para-hydroxylation sites is 1. The first-order valence-corrected chi connectivity index (χ1v) is 9.21. The van der Waals surface area contributed by atoms with E-state index in [4.69, 9.17) is 4.74 Å². The fraction of sp³-hybridized carbons (Fsp3) is 0.650. The molecule has 2 N–H and O–H groups in total. The molecule has 4 nitrogen and oxygen atoms in total. The van der Waals surface area contributed by atoms with Crippen molar-refractivity contribution in [3.63, 3.8) is 0 Å². The molecule has 0 saturated heterocycles. The lowest BCUT2D eigenvalue weighted by Gasteiger charge is -2.16. The van der Waals surface area contributed by atoms with E-state index in [9.17, 15) is 15.0 Å². The van der Waals surface area contributed by atoms with Crippen LogP contribution in [0, 0.1) is 5.92 Å². The van der Waals surface area contributed by atoms with Crippen molar-refractivity contribution in [2.45, 2.75) is 77.4 Å². The zero-order valence-corrected chi connectivity index (χ0v) is 15.0. The lowest BCUT2D eigenvalue weighted by molar-refractivity contribution is -0.144.